The minimum Gasteiger partial charge on any atom is -0.391 e. The van der Waals surface area contributed by atoms with Crippen LogP contribution in [0.5, 0.6) is 0 Å². The van der Waals surface area contributed by atoms with Crippen LogP contribution in [-0.4, -0.2) is 11.2 Å². The van der Waals surface area contributed by atoms with Crippen LogP contribution in [0.15, 0.2) is 48.5 Å². The standard InChI is InChI=1S/C16H15F4NO/c17-14-11(7-4-8-12(14)16(18,19)20)15(21)13(22)9-10-5-2-1-3-6-10/h1-8,13,15,22H,9,21H2/t13-,15+/m0/s1. The average molecular weight is 313 g/mol. The first-order valence-corrected chi connectivity index (χ1v) is 6.64. The van der Waals surface area contributed by atoms with Crippen molar-refractivity contribution in [3.05, 3.63) is 71.0 Å². The van der Waals surface area contributed by atoms with Gasteiger partial charge >= 0.3 is 6.18 Å². The van der Waals surface area contributed by atoms with Crippen LogP contribution in [0.3, 0.4) is 0 Å². The number of alkyl halides is 3. The third-order valence-electron chi connectivity index (χ3n) is 3.40. The molecule has 0 aromatic heterocycles. The average Bonchev–Trinajstić information content (AvgIpc) is 2.46. The van der Waals surface area contributed by atoms with Gasteiger partial charge in [0.25, 0.3) is 0 Å². The lowest BCUT2D eigenvalue weighted by Crippen LogP contribution is -2.29. The van der Waals surface area contributed by atoms with E-state index in [9.17, 15) is 22.7 Å². The molecule has 6 heteroatoms. The highest BCUT2D eigenvalue weighted by molar-refractivity contribution is 5.31. The van der Waals surface area contributed by atoms with E-state index >= 15 is 0 Å². The maximum absolute atomic E-state index is 14.0. The molecule has 118 valence electrons. The second-order valence-electron chi connectivity index (χ2n) is 4.99. The van der Waals surface area contributed by atoms with Gasteiger partial charge in [-0.25, -0.2) is 4.39 Å². The van der Waals surface area contributed by atoms with Crippen molar-refractivity contribution in [3.63, 3.8) is 0 Å². The van der Waals surface area contributed by atoms with Gasteiger partial charge in [-0.15, -0.1) is 0 Å². The quantitative estimate of drug-likeness (QED) is 0.849. The van der Waals surface area contributed by atoms with E-state index in [2.05, 4.69) is 0 Å². The van der Waals surface area contributed by atoms with Crippen molar-refractivity contribution in [2.75, 3.05) is 0 Å². The van der Waals surface area contributed by atoms with E-state index in [1.54, 1.807) is 30.3 Å². The number of benzene rings is 2. The van der Waals surface area contributed by atoms with Gasteiger partial charge in [0.05, 0.1) is 17.7 Å². The number of aliphatic hydroxyl groups excluding tert-OH is 1. The zero-order valence-corrected chi connectivity index (χ0v) is 11.5. The molecule has 0 aliphatic carbocycles. The Hall–Kier alpha value is -1.92. The van der Waals surface area contributed by atoms with Crippen molar-refractivity contribution in [3.8, 4) is 0 Å². The SMILES string of the molecule is N[C@H](c1cccc(C(F)(F)F)c1F)[C@@H](O)Cc1ccccc1. The zero-order valence-electron chi connectivity index (χ0n) is 11.5. The second kappa shape index (κ2) is 6.46. The number of hydrogen-bond acceptors (Lipinski definition) is 2. The molecule has 0 heterocycles. The van der Waals surface area contributed by atoms with Gasteiger partial charge in [0.1, 0.15) is 5.82 Å². The molecule has 0 saturated heterocycles. The van der Waals surface area contributed by atoms with Crippen molar-refractivity contribution in [2.24, 2.45) is 5.73 Å². The summed E-state index contributed by atoms with van der Waals surface area (Å²) >= 11 is 0. The Labute approximate surface area is 125 Å². The molecule has 2 nitrogen and oxygen atoms in total. The first kappa shape index (κ1) is 16.5. The molecule has 2 aromatic rings. The smallest absolute Gasteiger partial charge is 0.391 e. The summed E-state index contributed by atoms with van der Waals surface area (Å²) in [5, 5.41) is 10.1. The highest BCUT2D eigenvalue weighted by atomic mass is 19.4. The second-order valence-corrected chi connectivity index (χ2v) is 4.99. The number of hydrogen-bond donors (Lipinski definition) is 2. The van der Waals surface area contributed by atoms with E-state index in [1.165, 1.54) is 0 Å². The van der Waals surface area contributed by atoms with Gasteiger partial charge in [-0.1, -0.05) is 42.5 Å². The summed E-state index contributed by atoms with van der Waals surface area (Å²) in [6, 6.07) is 10.5. The highest BCUT2D eigenvalue weighted by Crippen LogP contribution is 2.34. The summed E-state index contributed by atoms with van der Waals surface area (Å²) in [5.74, 6) is -1.44. The molecule has 0 aliphatic heterocycles. The highest BCUT2D eigenvalue weighted by Gasteiger charge is 2.36. The maximum atomic E-state index is 14.0. The summed E-state index contributed by atoms with van der Waals surface area (Å²) in [6.45, 7) is 0. The molecule has 0 radical (unpaired) electrons. The Morgan fingerprint density at radius 3 is 2.23 bits per heavy atom. The number of halogens is 4. The van der Waals surface area contributed by atoms with Crippen molar-refractivity contribution in [1.82, 2.24) is 0 Å². The summed E-state index contributed by atoms with van der Waals surface area (Å²) in [4.78, 5) is 0. The van der Waals surface area contributed by atoms with Crippen LogP contribution < -0.4 is 5.73 Å². The van der Waals surface area contributed by atoms with Crippen molar-refractivity contribution in [1.29, 1.82) is 0 Å². The van der Waals surface area contributed by atoms with E-state index in [4.69, 9.17) is 5.73 Å². The van der Waals surface area contributed by atoms with Crippen LogP contribution in [0.2, 0.25) is 0 Å². The molecule has 2 atom stereocenters. The molecule has 0 amide bonds. The minimum absolute atomic E-state index is 0.123. The fourth-order valence-electron chi connectivity index (χ4n) is 2.22. The molecule has 0 saturated carbocycles. The topological polar surface area (TPSA) is 46.2 Å². The predicted octanol–water partition coefficient (Wildman–Crippen LogP) is 3.45. The van der Waals surface area contributed by atoms with Gasteiger partial charge < -0.3 is 10.8 Å². The summed E-state index contributed by atoms with van der Waals surface area (Å²) in [7, 11) is 0. The largest absolute Gasteiger partial charge is 0.419 e. The molecular formula is C16H15F4NO. The Morgan fingerprint density at radius 1 is 1.00 bits per heavy atom. The summed E-state index contributed by atoms with van der Waals surface area (Å²) in [6.07, 6.45) is -5.87. The molecule has 2 rings (SSSR count). The van der Waals surface area contributed by atoms with Gasteiger partial charge in [-0.3, -0.25) is 0 Å². The first-order chi connectivity index (χ1) is 10.3. The molecule has 22 heavy (non-hydrogen) atoms. The van der Waals surface area contributed by atoms with Crippen molar-refractivity contribution in [2.45, 2.75) is 24.7 Å². The molecular weight excluding hydrogens is 298 g/mol. The summed E-state index contributed by atoms with van der Waals surface area (Å²) in [5.41, 5.74) is 4.77. The van der Waals surface area contributed by atoms with Crippen molar-refractivity contribution < 1.29 is 22.7 Å². The zero-order chi connectivity index (χ0) is 16.3. The monoisotopic (exact) mass is 313 g/mol. The molecule has 2 aromatic carbocycles. The van der Waals surface area contributed by atoms with Gasteiger partial charge in [0, 0.05) is 12.0 Å². The van der Waals surface area contributed by atoms with Gasteiger partial charge in [-0.05, 0) is 11.6 Å². The van der Waals surface area contributed by atoms with Crippen LogP contribution in [0.25, 0.3) is 0 Å². The predicted molar refractivity (Wildman–Crippen MR) is 74.5 cm³/mol. The summed E-state index contributed by atoms with van der Waals surface area (Å²) < 4.78 is 52.1. The lowest BCUT2D eigenvalue weighted by Gasteiger charge is -2.21. The van der Waals surface area contributed by atoms with Gasteiger partial charge in [0.15, 0.2) is 0 Å². The third-order valence-corrected chi connectivity index (χ3v) is 3.40. The number of rotatable bonds is 4. The Balaban J connectivity index is 2.24. The third kappa shape index (κ3) is 3.64. The van der Waals surface area contributed by atoms with E-state index in [0.717, 1.165) is 17.7 Å². The molecule has 0 spiro atoms. The lowest BCUT2D eigenvalue weighted by molar-refractivity contribution is -0.140. The minimum atomic E-state index is -4.80. The molecule has 0 aliphatic rings. The molecule has 0 bridgehead atoms. The Kier molecular flexibility index (Phi) is 4.83. The molecule has 3 N–H and O–H groups in total. The number of aliphatic hydroxyl groups is 1. The van der Waals surface area contributed by atoms with Crippen LogP contribution in [0.4, 0.5) is 17.6 Å². The fraction of sp³-hybridized carbons (Fsp3) is 0.250. The maximum Gasteiger partial charge on any atom is 0.419 e. The van der Waals surface area contributed by atoms with E-state index in [0.29, 0.717) is 6.07 Å². The van der Waals surface area contributed by atoms with Crippen LogP contribution in [-0.2, 0) is 12.6 Å². The van der Waals surface area contributed by atoms with E-state index in [-0.39, 0.29) is 12.0 Å². The van der Waals surface area contributed by atoms with Gasteiger partial charge in [0.2, 0.25) is 0 Å². The van der Waals surface area contributed by atoms with Crippen molar-refractivity contribution >= 4 is 0 Å². The van der Waals surface area contributed by atoms with E-state index < -0.39 is 29.7 Å². The fourth-order valence-corrected chi connectivity index (χ4v) is 2.22. The Bertz CT molecular complexity index is 628. The van der Waals surface area contributed by atoms with Crippen LogP contribution >= 0.6 is 0 Å². The normalized spacial score (nSPS) is 14.6. The molecule has 0 fully saturated rings. The Morgan fingerprint density at radius 2 is 1.64 bits per heavy atom. The van der Waals surface area contributed by atoms with Gasteiger partial charge in [-0.2, -0.15) is 13.2 Å². The van der Waals surface area contributed by atoms with Crippen LogP contribution in [0.1, 0.15) is 22.7 Å². The number of nitrogens with two attached hydrogens (primary N) is 1. The lowest BCUT2D eigenvalue weighted by atomic mass is 9.95. The molecule has 0 unspecified atom stereocenters. The van der Waals surface area contributed by atoms with E-state index in [1.807, 2.05) is 0 Å². The van der Waals surface area contributed by atoms with Crippen LogP contribution in [0, 0.1) is 5.82 Å². The first-order valence-electron chi connectivity index (χ1n) is 6.64.